The normalized spacial score (nSPS) is 13.4. The van der Waals surface area contributed by atoms with Crippen LogP contribution in [0.4, 0.5) is 0 Å². The molecule has 2 aromatic rings. The Morgan fingerprint density at radius 3 is 2.83 bits per heavy atom. The lowest BCUT2D eigenvalue weighted by molar-refractivity contribution is 0.540. The molecule has 0 saturated carbocycles. The molecular weight excluding hydrogens is 192 g/mol. The molecule has 1 unspecified atom stereocenters. The highest BCUT2D eigenvalue weighted by molar-refractivity contribution is 7.82. The Morgan fingerprint density at radius 1 is 1.33 bits per heavy atom. The summed E-state index contributed by atoms with van der Waals surface area (Å²) in [6.45, 7) is 0. The van der Waals surface area contributed by atoms with Crippen molar-refractivity contribution in [2.24, 2.45) is 0 Å². The standard InChI is InChI=1S/C8H6O2S2/c9-12(10)8-7-4-2-1-3-6(7)5-11-8/h1-5H,(H,9,10)/p-1. The van der Waals surface area contributed by atoms with Crippen LogP contribution >= 0.6 is 11.3 Å². The predicted octanol–water partition coefficient (Wildman–Crippen LogP) is 2.14. The maximum Gasteiger partial charge on any atom is 0.0850 e. The van der Waals surface area contributed by atoms with Crippen LogP contribution in [0.1, 0.15) is 0 Å². The quantitative estimate of drug-likeness (QED) is 0.657. The number of hydrogen-bond acceptors (Lipinski definition) is 3. The lowest BCUT2D eigenvalue weighted by atomic mass is 10.2. The maximum atomic E-state index is 10.7. The van der Waals surface area contributed by atoms with E-state index in [0.29, 0.717) is 4.21 Å². The molecule has 1 heterocycles. The van der Waals surface area contributed by atoms with E-state index >= 15 is 0 Å². The van der Waals surface area contributed by atoms with Crippen molar-refractivity contribution < 1.29 is 8.76 Å². The largest absolute Gasteiger partial charge is 0.768 e. The lowest BCUT2D eigenvalue weighted by Gasteiger charge is -2.00. The Labute approximate surface area is 76.1 Å². The molecule has 0 aliphatic rings. The van der Waals surface area contributed by atoms with Gasteiger partial charge in [0.25, 0.3) is 0 Å². The van der Waals surface area contributed by atoms with Gasteiger partial charge in [0.2, 0.25) is 0 Å². The molecule has 0 amide bonds. The first-order valence-corrected chi connectivity index (χ1v) is 5.30. The van der Waals surface area contributed by atoms with Crippen molar-refractivity contribution in [1.29, 1.82) is 0 Å². The third-order valence-electron chi connectivity index (χ3n) is 1.63. The molecule has 0 bridgehead atoms. The molecule has 0 radical (unpaired) electrons. The number of thiophene rings is 1. The zero-order chi connectivity index (χ0) is 8.55. The molecule has 62 valence electrons. The van der Waals surface area contributed by atoms with Crippen LogP contribution < -0.4 is 0 Å². The minimum Gasteiger partial charge on any atom is -0.768 e. The van der Waals surface area contributed by atoms with Crippen LogP contribution in [0.2, 0.25) is 0 Å². The third kappa shape index (κ3) is 1.18. The Bertz CT molecular complexity index is 433. The van der Waals surface area contributed by atoms with Gasteiger partial charge in [-0.1, -0.05) is 24.3 Å². The number of rotatable bonds is 1. The average Bonchev–Trinajstić information content (AvgIpc) is 2.47. The molecule has 1 aromatic heterocycles. The van der Waals surface area contributed by atoms with Gasteiger partial charge in [0.15, 0.2) is 0 Å². The highest BCUT2D eigenvalue weighted by atomic mass is 32.2. The second-order valence-electron chi connectivity index (χ2n) is 2.35. The van der Waals surface area contributed by atoms with Gasteiger partial charge in [-0.2, -0.15) is 0 Å². The minimum absolute atomic E-state index is 0.422. The van der Waals surface area contributed by atoms with Gasteiger partial charge in [-0.15, -0.1) is 11.3 Å². The fourth-order valence-corrected chi connectivity index (χ4v) is 2.67. The van der Waals surface area contributed by atoms with E-state index < -0.39 is 11.1 Å². The van der Waals surface area contributed by atoms with Gasteiger partial charge < -0.3 is 4.55 Å². The van der Waals surface area contributed by atoms with E-state index in [1.54, 1.807) is 0 Å². The monoisotopic (exact) mass is 197 g/mol. The molecule has 0 aliphatic heterocycles. The zero-order valence-corrected chi connectivity index (χ0v) is 7.65. The van der Waals surface area contributed by atoms with Crippen LogP contribution in [0.25, 0.3) is 10.8 Å². The van der Waals surface area contributed by atoms with Crippen molar-refractivity contribution in [3.8, 4) is 0 Å². The summed E-state index contributed by atoms with van der Waals surface area (Å²) in [4.78, 5) is 0. The number of benzene rings is 1. The Kier molecular flexibility index (Phi) is 1.96. The van der Waals surface area contributed by atoms with E-state index in [-0.39, 0.29) is 0 Å². The van der Waals surface area contributed by atoms with Crippen molar-refractivity contribution >= 4 is 33.2 Å². The Balaban J connectivity index is 2.79. The molecule has 12 heavy (non-hydrogen) atoms. The topological polar surface area (TPSA) is 40.1 Å². The first-order chi connectivity index (χ1) is 5.79. The van der Waals surface area contributed by atoms with Gasteiger partial charge in [-0.25, -0.2) is 0 Å². The smallest absolute Gasteiger partial charge is 0.0850 e. The van der Waals surface area contributed by atoms with Gasteiger partial charge in [-0.3, -0.25) is 4.21 Å². The molecular formula is C8H5O2S2-. The summed E-state index contributed by atoms with van der Waals surface area (Å²) in [7, 11) is 0. The fourth-order valence-electron chi connectivity index (χ4n) is 1.10. The van der Waals surface area contributed by atoms with Crippen molar-refractivity contribution in [3.05, 3.63) is 29.6 Å². The van der Waals surface area contributed by atoms with Gasteiger partial charge in [0.05, 0.1) is 4.21 Å². The second-order valence-corrected chi connectivity index (χ2v) is 4.36. The van der Waals surface area contributed by atoms with Gasteiger partial charge in [-0.05, 0) is 21.8 Å². The highest BCUT2D eigenvalue weighted by Crippen LogP contribution is 2.27. The second kappa shape index (κ2) is 2.97. The summed E-state index contributed by atoms with van der Waals surface area (Å²) < 4.78 is 21.8. The predicted molar refractivity (Wildman–Crippen MR) is 49.0 cm³/mol. The highest BCUT2D eigenvalue weighted by Gasteiger charge is 2.01. The molecule has 1 atom stereocenters. The van der Waals surface area contributed by atoms with Crippen LogP contribution in [0.5, 0.6) is 0 Å². The van der Waals surface area contributed by atoms with Gasteiger partial charge in [0, 0.05) is 5.39 Å². The Hall–Kier alpha value is -0.710. The van der Waals surface area contributed by atoms with E-state index in [1.165, 1.54) is 11.3 Å². The molecule has 2 rings (SSSR count). The van der Waals surface area contributed by atoms with Crippen molar-refractivity contribution in [2.45, 2.75) is 4.21 Å². The molecule has 4 heteroatoms. The molecule has 1 aromatic carbocycles. The third-order valence-corrected chi connectivity index (χ3v) is 3.65. The molecule has 0 fully saturated rings. The van der Waals surface area contributed by atoms with Gasteiger partial charge in [0.1, 0.15) is 0 Å². The minimum atomic E-state index is -2.10. The summed E-state index contributed by atoms with van der Waals surface area (Å²) in [6, 6.07) is 7.46. The summed E-state index contributed by atoms with van der Waals surface area (Å²) >= 11 is -0.846. The summed E-state index contributed by atoms with van der Waals surface area (Å²) in [6.07, 6.45) is 0. The zero-order valence-electron chi connectivity index (χ0n) is 6.02. The van der Waals surface area contributed by atoms with Crippen LogP contribution in [0, 0.1) is 0 Å². The molecule has 0 spiro atoms. The van der Waals surface area contributed by atoms with Crippen LogP contribution in [-0.2, 0) is 11.1 Å². The maximum absolute atomic E-state index is 10.7. The van der Waals surface area contributed by atoms with E-state index in [1.807, 2.05) is 29.6 Å². The Morgan fingerprint density at radius 2 is 2.08 bits per heavy atom. The first kappa shape index (κ1) is 7.91. The summed E-state index contributed by atoms with van der Waals surface area (Å²) in [5.41, 5.74) is 0. The van der Waals surface area contributed by atoms with E-state index in [2.05, 4.69) is 0 Å². The fraction of sp³-hybridized carbons (Fsp3) is 0. The molecule has 0 saturated heterocycles. The first-order valence-electron chi connectivity index (χ1n) is 3.34. The summed E-state index contributed by atoms with van der Waals surface area (Å²) in [5, 5.41) is 3.65. The van der Waals surface area contributed by atoms with Crippen molar-refractivity contribution in [2.75, 3.05) is 0 Å². The summed E-state index contributed by atoms with van der Waals surface area (Å²) in [5.74, 6) is 0. The molecule has 0 N–H and O–H groups in total. The molecule has 2 nitrogen and oxygen atoms in total. The van der Waals surface area contributed by atoms with Gasteiger partial charge >= 0.3 is 0 Å². The van der Waals surface area contributed by atoms with E-state index in [9.17, 15) is 8.76 Å². The van der Waals surface area contributed by atoms with E-state index in [4.69, 9.17) is 0 Å². The van der Waals surface area contributed by atoms with Crippen molar-refractivity contribution in [1.82, 2.24) is 0 Å². The number of fused-ring (bicyclic) bond motifs is 1. The van der Waals surface area contributed by atoms with Crippen LogP contribution in [0.15, 0.2) is 33.9 Å². The van der Waals surface area contributed by atoms with Crippen LogP contribution in [0.3, 0.4) is 0 Å². The molecule has 0 aliphatic carbocycles. The number of hydrogen-bond donors (Lipinski definition) is 0. The average molecular weight is 197 g/mol. The van der Waals surface area contributed by atoms with Crippen LogP contribution in [-0.4, -0.2) is 8.76 Å². The van der Waals surface area contributed by atoms with Crippen molar-refractivity contribution in [3.63, 3.8) is 0 Å². The van der Waals surface area contributed by atoms with E-state index in [0.717, 1.165) is 10.8 Å². The lowest BCUT2D eigenvalue weighted by Crippen LogP contribution is -1.83. The SMILES string of the molecule is O=S([O-])c1scc2ccccc12.